The molecule has 0 bridgehead atoms. The summed E-state index contributed by atoms with van der Waals surface area (Å²) in [7, 11) is 0. The molecule has 1 unspecified atom stereocenters. The predicted octanol–water partition coefficient (Wildman–Crippen LogP) is 2.24. The number of thiophene rings is 1. The Morgan fingerprint density at radius 3 is 2.67 bits per heavy atom. The van der Waals surface area contributed by atoms with Gasteiger partial charge in [-0.3, -0.25) is 9.59 Å². The van der Waals surface area contributed by atoms with Gasteiger partial charge in [0.1, 0.15) is 0 Å². The Morgan fingerprint density at radius 2 is 2.11 bits per heavy atom. The second-order valence-corrected chi connectivity index (χ2v) is 5.40. The monoisotopic (exact) mass is 262 g/mol. The maximum atomic E-state index is 11.9. The zero-order valence-electron chi connectivity index (χ0n) is 10.2. The Morgan fingerprint density at radius 1 is 1.33 bits per heavy atom. The molecule has 2 N–H and O–H groups in total. The second-order valence-electron chi connectivity index (χ2n) is 4.09. The first kappa shape index (κ1) is 12.6. The van der Waals surface area contributed by atoms with Gasteiger partial charge in [0.05, 0.1) is 11.6 Å². The van der Waals surface area contributed by atoms with E-state index in [1.54, 1.807) is 11.3 Å². The number of hydrogen-bond acceptors (Lipinski definition) is 3. The molecule has 0 aliphatic heterocycles. The van der Waals surface area contributed by atoms with Crippen molar-refractivity contribution in [2.45, 2.75) is 19.9 Å². The van der Waals surface area contributed by atoms with Crippen LogP contribution in [0.5, 0.6) is 0 Å². The fraction of sp³-hybridized carbons (Fsp3) is 0.231. The molecule has 0 radical (unpaired) electrons. The normalized spacial score (nSPS) is 12.1. The molecule has 4 nitrogen and oxygen atoms in total. The van der Waals surface area contributed by atoms with Gasteiger partial charge in [-0.05, 0) is 32.0 Å². The SMILES string of the molecule is Cc1ccc(C(C)NC(=O)c2ccc(=O)[nH]c2)s1. The summed E-state index contributed by atoms with van der Waals surface area (Å²) in [6, 6.07) is 6.86. The lowest BCUT2D eigenvalue weighted by Crippen LogP contribution is -2.26. The average Bonchev–Trinajstić information content (AvgIpc) is 2.76. The molecule has 2 aromatic heterocycles. The second kappa shape index (κ2) is 5.18. The standard InChI is InChI=1S/C13H14N2O2S/c1-8-3-5-11(18-8)9(2)15-13(17)10-4-6-12(16)14-7-10/h3-7,9H,1-2H3,(H,14,16)(H,15,17). The summed E-state index contributed by atoms with van der Waals surface area (Å²) in [5.41, 5.74) is 0.239. The van der Waals surface area contributed by atoms with Crippen molar-refractivity contribution in [2.75, 3.05) is 0 Å². The van der Waals surface area contributed by atoms with E-state index in [4.69, 9.17) is 0 Å². The van der Waals surface area contributed by atoms with E-state index in [-0.39, 0.29) is 17.5 Å². The molecule has 2 aromatic rings. The van der Waals surface area contributed by atoms with E-state index >= 15 is 0 Å². The Bertz CT molecular complexity index is 595. The number of carbonyl (C=O) groups excluding carboxylic acids is 1. The number of aromatic amines is 1. The molecule has 0 fully saturated rings. The average molecular weight is 262 g/mol. The van der Waals surface area contributed by atoms with Crippen LogP contribution in [-0.2, 0) is 0 Å². The van der Waals surface area contributed by atoms with Crippen LogP contribution in [-0.4, -0.2) is 10.9 Å². The predicted molar refractivity (Wildman–Crippen MR) is 72.0 cm³/mol. The third kappa shape index (κ3) is 2.87. The Hall–Kier alpha value is -1.88. The number of carbonyl (C=O) groups is 1. The third-order valence-electron chi connectivity index (χ3n) is 2.58. The Kier molecular flexibility index (Phi) is 3.62. The number of H-pyrrole nitrogens is 1. The molecule has 0 aliphatic carbocycles. The smallest absolute Gasteiger partial charge is 0.253 e. The number of amides is 1. The van der Waals surface area contributed by atoms with Crippen molar-refractivity contribution in [3.63, 3.8) is 0 Å². The lowest BCUT2D eigenvalue weighted by atomic mass is 10.2. The molecule has 0 aromatic carbocycles. The fourth-order valence-corrected chi connectivity index (χ4v) is 2.47. The van der Waals surface area contributed by atoms with Gasteiger partial charge < -0.3 is 10.3 Å². The van der Waals surface area contributed by atoms with Crippen LogP contribution in [0.25, 0.3) is 0 Å². The summed E-state index contributed by atoms with van der Waals surface area (Å²) >= 11 is 1.66. The highest BCUT2D eigenvalue weighted by Crippen LogP contribution is 2.22. The van der Waals surface area contributed by atoms with Gasteiger partial charge in [-0.15, -0.1) is 11.3 Å². The maximum Gasteiger partial charge on any atom is 0.253 e. The van der Waals surface area contributed by atoms with Crippen LogP contribution in [0.2, 0.25) is 0 Å². The molecule has 18 heavy (non-hydrogen) atoms. The van der Waals surface area contributed by atoms with Crippen molar-refractivity contribution in [3.8, 4) is 0 Å². The summed E-state index contributed by atoms with van der Waals surface area (Å²) < 4.78 is 0. The number of aryl methyl sites for hydroxylation is 1. The molecule has 0 spiro atoms. The molecular weight excluding hydrogens is 248 g/mol. The molecule has 1 atom stereocenters. The van der Waals surface area contributed by atoms with Crippen LogP contribution < -0.4 is 10.9 Å². The Balaban J connectivity index is 2.07. The van der Waals surface area contributed by atoms with E-state index in [0.717, 1.165) is 4.88 Å². The summed E-state index contributed by atoms with van der Waals surface area (Å²) in [5.74, 6) is -0.190. The highest BCUT2D eigenvalue weighted by Gasteiger charge is 2.12. The van der Waals surface area contributed by atoms with Crippen LogP contribution >= 0.6 is 11.3 Å². The van der Waals surface area contributed by atoms with Gasteiger partial charge in [-0.25, -0.2) is 0 Å². The minimum atomic E-state index is -0.214. The molecule has 0 aliphatic rings. The first-order valence-corrected chi connectivity index (χ1v) is 6.44. The van der Waals surface area contributed by atoms with E-state index < -0.39 is 0 Å². The maximum absolute atomic E-state index is 11.9. The molecular formula is C13H14N2O2S. The van der Waals surface area contributed by atoms with Crippen LogP contribution in [0.1, 0.15) is 33.1 Å². The zero-order chi connectivity index (χ0) is 13.1. The van der Waals surface area contributed by atoms with E-state index in [2.05, 4.69) is 10.3 Å². The molecule has 0 saturated heterocycles. The first-order valence-electron chi connectivity index (χ1n) is 5.62. The minimum absolute atomic E-state index is 0.0388. The molecule has 1 amide bonds. The molecule has 0 saturated carbocycles. The topological polar surface area (TPSA) is 62.0 Å². The number of pyridine rings is 1. The molecule has 5 heteroatoms. The molecule has 94 valence electrons. The highest BCUT2D eigenvalue weighted by atomic mass is 32.1. The van der Waals surface area contributed by atoms with Gasteiger partial charge in [-0.2, -0.15) is 0 Å². The first-order chi connectivity index (χ1) is 8.56. The summed E-state index contributed by atoms with van der Waals surface area (Å²) in [6.07, 6.45) is 1.42. The van der Waals surface area contributed by atoms with Crippen LogP contribution in [0.3, 0.4) is 0 Å². The Labute approximate surface area is 109 Å². The molecule has 2 rings (SSSR count). The zero-order valence-corrected chi connectivity index (χ0v) is 11.0. The van der Waals surface area contributed by atoms with Gasteiger partial charge in [0.25, 0.3) is 5.91 Å². The summed E-state index contributed by atoms with van der Waals surface area (Å²) in [4.78, 5) is 27.6. The van der Waals surface area contributed by atoms with Gasteiger partial charge in [0.15, 0.2) is 0 Å². The summed E-state index contributed by atoms with van der Waals surface area (Å²) in [6.45, 7) is 3.97. The number of rotatable bonds is 3. The van der Waals surface area contributed by atoms with Crippen molar-refractivity contribution in [3.05, 3.63) is 56.1 Å². The van der Waals surface area contributed by atoms with Crippen molar-refractivity contribution < 1.29 is 4.79 Å². The van der Waals surface area contributed by atoms with Crippen LogP contribution in [0, 0.1) is 6.92 Å². The van der Waals surface area contributed by atoms with Crippen molar-refractivity contribution in [1.82, 2.24) is 10.3 Å². The lowest BCUT2D eigenvalue weighted by molar-refractivity contribution is 0.0940. The van der Waals surface area contributed by atoms with Crippen molar-refractivity contribution in [2.24, 2.45) is 0 Å². The van der Waals surface area contributed by atoms with Crippen LogP contribution in [0.4, 0.5) is 0 Å². The van der Waals surface area contributed by atoms with Crippen molar-refractivity contribution in [1.29, 1.82) is 0 Å². The fourth-order valence-electron chi connectivity index (χ4n) is 1.59. The number of aromatic nitrogens is 1. The van der Waals surface area contributed by atoms with Gasteiger partial charge in [-0.1, -0.05) is 0 Å². The quantitative estimate of drug-likeness (QED) is 0.891. The summed E-state index contributed by atoms with van der Waals surface area (Å²) in [5, 5.41) is 2.89. The largest absolute Gasteiger partial charge is 0.345 e. The van der Waals surface area contributed by atoms with Crippen molar-refractivity contribution >= 4 is 17.2 Å². The van der Waals surface area contributed by atoms with E-state index in [1.807, 2.05) is 26.0 Å². The number of hydrogen-bond donors (Lipinski definition) is 2. The highest BCUT2D eigenvalue weighted by molar-refractivity contribution is 7.12. The minimum Gasteiger partial charge on any atom is -0.345 e. The van der Waals surface area contributed by atoms with Crippen LogP contribution in [0.15, 0.2) is 35.3 Å². The van der Waals surface area contributed by atoms with E-state index in [0.29, 0.717) is 5.56 Å². The molecule has 2 heterocycles. The van der Waals surface area contributed by atoms with Gasteiger partial charge in [0, 0.05) is 22.0 Å². The van der Waals surface area contributed by atoms with E-state index in [9.17, 15) is 9.59 Å². The van der Waals surface area contributed by atoms with E-state index in [1.165, 1.54) is 23.2 Å². The van der Waals surface area contributed by atoms with Gasteiger partial charge >= 0.3 is 0 Å². The third-order valence-corrected chi connectivity index (χ3v) is 3.77. The lowest BCUT2D eigenvalue weighted by Gasteiger charge is -2.11. The van der Waals surface area contributed by atoms with Gasteiger partial charge in [0.2, 0.25) is 5.56 Å². The number of nitrogens with one attached hydrogen (secondary N) is 2.